The number of nitrogens with one attached hydrogen (secondary N) is 1. The lowest BCUT2D eigenvalue weighted by Crippen LogP contribution is -2.28. The molecule has 0 saturated carbocycles. The second kappa shape index (κ2) is 11.1. The highest BCUT2D eigenvalue weighted by atomic mass is 32.2. The Hall–Kier alpha value is -3.74. The fourth-order valence-corrected chi connectivity index (χ4v) is 5.79. The minimum Gasteiger partial charge on any atom is -0.269 e. The number of rotatable bonds is 8. The van der Waals surface area contributed by atoms with E-state index in [1.807, 2.05) is 60.7 Å². The van der Waals surface area contributed by atoms with Crippen LogP contribution in [-0.2, 0) is 14.8 Å². The topological polar surface area (TPSA) is 63.2 Å². The zero-order valence-corrected chi connectivity index (χ0v) is 20.9. The molecule has 176 valence electrons. The van der Waals surface area contributed by atoms with Gasteiger partial charge in [0.2, 0.25) is 0 Å². The molecule has 4 rings (SSSR count). The van der Waals surface area contributed by atoms with Crippen LogP contribution in [0.4, 0.5) is 0 Å². The van der Waals surface area contributed by atoms with Gasteiger partial charge in [-0.1, -0.05) is 97.9 Å². The predicted molar refractivity (Wildman–Crippen MR) is 144 cm³/mol. The maximum absolute atomic E-state index is 12.2. The highest BCUT2D eigenvalue weighted by Gasteiger charge is 2.17. The summed E-state index contributed by atoms with van der Waals surface area (Å²) in [4.78, 5) is 12.2. The minimum atomic E-state index is -3.85. The van der Waals surface area contributed by atoms with E-state index in [0.717, 1.165) is 40.0 Å². The maximum atomic E-state index is 12.2. The van der Waals surface area contributed by atoms with Gasteiger partial charge >= 0.3 is 0 Å². The Kier molecular flexibility index (Phi) is 7.75. The first kappa shape index (κ1) is 24.4. The van der Waals surface area contributed by atoms with E-state index in [1.54, 1.807) is 17.5 Å². The van der Waals surface area contributed by atoms with E-state index < -0.39 is 15.9 Å². The van der Waals surface area contributed by atoms with Gasteiger partial charge in [-0.2, -0.15) is 0 Å². The smallest absolute Gasteiger partial charge is 0.269 e. The highest BCUT2D eigenvalue weighted by molar-refractivity contribution is 7.92. The van der Waals surface area contributed by atoms with Gasteiger partial charge in [0.25, 0.3) is 15.9 Å². The molecule has 0 radical (unpaired) electrons. The Morgan fingerprint density at radius 1 is 0.800 bits per heavy atom. The average Bonchev–Trinajstić information content (AvgIpc) is 3.44. The van der Waals surface area contributed by atoms with Crippen LogP contribution in [0, 0.1) is 0 Å². The van der Waals surface area contributed by atoms with Crippen molar-refractivity contribution in [3.63, 3.8) is 0 Å². The summed E-state index contributed by atoms with van der Waals surface area (Å²) in [5.41, 5.74) is 6.59. The van der Waals surface area contributed by atoms with E-state index in [4.69, 9.17) is 0 Å². The van der Waals surface area contributed by atoms with Crippen LogP contribution in [0.1, 0.15) is 35.6 Å². The van der Waals surface area contributed by atoms with Gasteiger partial charge in [0.1, 0.15) is 4.21 Å². The van der Waals surface area contributed by atoms with Crippen LogP contribution in [-0.4, -0.2) is 14.3 Å². The third kappa shape index (κ3) is 6.04. The summed E-state index contributed by atoms with van der Waals surface area (Å²) in [7, 11) is -3.85. The summed E-state index contributed by atoms with van der Waals surface area (Å²) in [6.07, 6.45) is 3.71. The Bertz CT molecular complexity index is 1440. The summed E-state index contributed by atoms with van der Waals surface area (Å²) >= 11 is 1.06. The fourth-order valence-electron chi connectivity index (χ4n) is 3.85. The van der Waals surface area contributed by atoms with Crippen molar-refractivity contribution in [2.45, 2.75) is 17.6 Å². The summed E-state index contributed by atoms with van der Waals surface area (Å²) in [6, 6.07) is 31.7. The largest absolute Gasteiger partial charge is 0.273 e. The molecule has 1 heterocycles. The van der Waals surface area contributed by atoms with Crippen molar-refractivity contribution in [3.8, 4) is 0 Å². The molecule has 35 heavy (non-hydrogen) atoms. The average molecular weight is 500 g/mol. The molecule has 0 unspecified atom stereocenters. The Morgan fingerprint density at radius 3 is 1.97 bits per heavy atom. The molecule has 1 N–H and O–H groups in total. The third-order valence-electron chi connectivity index (χ3n) is 5.46. The molecular weight excluding hydrogens is 474 g/mol. The molecule has 0 aliphatic heterocycles. The van der Waals surface area contributed by atoms with Gasteiger partial charge in [0.05, 0.1) is 0 Å². The van der Waals surface area contributed by atoms with E-state index in [0.29, 0.717) is 0 Å². The van der Waals surface area contributed by atoms with Crippen molar-refractivity contribution < 1.29 is 13.2 Å². The van der Waals surface area contributed by atoms with Gasteiger partial charge < -0.3 is 0 Å². The monoisotopic (exact) mass is 499 g/mol. The number of amides is 1. The Morgan fingerprint density at radius 2 is 1.40 bits per heavy atom. The molecule has 0 aliphatic carbocycles. The third-order valence-corrected chi connectivity index (χ3v) is 8.21. The SMILES string of the molecule is CCC(=C(c1ccccc1)c1ccc(C=CC(=O)NS(=O)(=O)c2cccs2)cc1)c1ccccc1. The van der Waals surface area contributed by atoms with Crippen molar-refractivity contribution in [2.75, 3.05) is 0 Å². The Balaban J connectivity index is 1.61. The standard InChI is InChI=1S/C29H25NO3S2/c1-2-26(23-10-5-3-6-11-23)29(24-12-7-4-8-13-24)25-18-15-22(16-19-25)17-20-27(31)30-35(32,33)28-14-9-21-34-28/h3-21H,2H2,1H3,(H,30,31). The number of hydrogen-bond acceptors (Lipinski definition) is 4. The lowest BCUT2D eigenvalue weighted by molar-refractivity contribution is -0.114. The van der Waals surface area contributed by atoms with Crippen molar-refractivity contribution in [1.29, 1.82) is 0 Å². The maximum Gasteiger partial charge on any atom is 0.273 e. The number of carbonyl (C=O) groups excluding carboxylic acids is 1. The molecule has 0 spiro atoms. The van der Waals surface area contributed by atoms with Gasteiger partial charge in [-0.15, -0.1) is 11.3 Å². The molecule has 0 bridgehead atoms. The van der Waals surface area contributed by atoms with Crippen LogP contribution in [0.2, 0.25) is 0 Å². The van der Waals surface area contributed by atoms with Crippen molar-refractivity contribution in [2.24, 2.45) is 0 Å². The normalized spacial score (nSPS) is 12.4. The van der Waals surface area contributed by atoms with Crippen LogP contribution in [0.25, 0.3) is 17.2 Å². The number of allylic oxidation sites excluding steroid dienone is 1. The van der Waals surface area contributed by atoms with Crippen molar-refractivity contribution in [3.05, 3.63) is 131 Å². The quantitative estimate of drug-likeness (QED) is 0.218. The van der Waals surface area contributed by atoms with Crippen molar-refractivity contribution >= 4 is 44.5 Å². The first-order valence-corrected chi connectivity index (χ1v) is 13.6. The molecule has 0 fully saturated rings. The molecule has 3 aromatic carbocycles. The summed E-state index contributed by atoms with van der Waals surface area (Å²) in [5.74, 6) is -0.690. The first-order valence-electron chi connectivity index (χ1n) is 11.2. The molecule has 0 atom stereocenters. The van der Waals surface area contributed by atoms with Gasteiger partial charge in [-0.3, -0.25) is 4.79 Å². The van der Waals surface area contributed by atoms with E-state index in [1.165, 1.54) is 23.3 Å². The first-order chi connectivity index (χ1) is 17.0. The van der Waals surface area contributed by atoms with E-state index in [-0.39, 0.29) is 4.21 Å². The van der Waals surface area contributed by atoms with E-state index >= 15 is 0 Å². The molecule has 0 saturated heterocycles. The number of carbonyl (C=O) groups is 1. The summed E-state index contributed by atoms with van der Waals surface area (Å²) in [6.45, 7) is 2.16. The second-order valence-corrected chi connectivity index (χ2v) is 10.7. The highest BCUT2D eigenvalue weighted by Crippen LogP contribution is 2.34. The molecule has 6 heteroatoms. The van der Waals surface area contributed by atoms with Crippen LogP contribution < -0.4 is 4.72 Å². The zero-order valence-electron chi connectivity index (χ0n) is 19.2. The van der Waals surface area contributed by atoms with E-state index in [9.17, 15) is 13.2 Å². The Labute approximate surface area is 210 Å². The van der Waals surface area contributed by atoms with E-state index in [2.05, 4.69) is 35.9 Å². The second-order valence-electron chi connectivity index (χ2n) is 7.80. The number of hydrogen-bond donors (Lipinski definition) is 1. The molecule has 1 amide bonds. The van der Waals surface area contributed by atoms with Gasteiger partial charge in [-0.25, -0.2) is 13.1 Å². The molecule has 4 aromatic rings. The molecular formula is C29H25NO3S2. The van der Waals surface area contributed by atoms with Crippen LogP contribution in [0.5, 0.6) is 0 Å². The molecule has 0 aliphatic rings. The van der Waals surface area contributed by atoms with Crippen LogP contribution in [0.3, 0.4) is 0 Å². The number of thiophene rings is 1. The zero-order chi connectivity index (χ0) is 24.7. The minimum absolute atomic E-state index is 0.106. The number of sulfonamides is 1. The molecule has 4 nitrogen and oxygen atoms in total. The van der Waals surface area contributed by atoms with Gasteiger partial charge in [-0.05, 0) is 57.3 Å². The fraction of sp³-hybridized carbons (Fsp3) is 0.0690. The van der Waals surface area contributed by atoms with Gasteiger partial charge in [0, 0.05) is 6.08 Å². The van der Waals surface area contributed by atoms with Gasteiger partial charge in [0.15, 0.2) is 0 Å². The summed E-state index contributed by atoms with van der Waals surface area (Å²) < 4.78 is 26.6. The summed E-state index contributed by atoms with van der Waals surface area (Å²) in [5, 5.41) is 1.65. The lowest BCUT2D eigenvalue weighted by Gasteiger charge is -2.16. The van der Waals surface area contributed by atoms with Crippen LogP contribution >= 0.6 is 11.3 Å². The molecule has 1 aromatic heterocycles. The predicted octanol–water partition coefficient (Wildman–Crippen LogP) is 6.64. The number of benzene rings is 3. The lowest BCUT2D eigenvalue weighted by atomic mass is 9.88. The van der Waals surface area contributed by atoms with Crippen LogP contribution in [0.15, 0.2) is 113 Å². The van der Waals surface area contributed by atoms with Crippen molar-refractivity contribution in [1.82, 2.24) is 4.72 Å².